The van der Waals surface area contributed by atoms with E-state index in [1.54, 1.807) is 0 Å². The van der Waals surface area contributed by atoms with E-state index in [-0.39, 0.29) is 0 Å². The first kappa shape index (κ1) is 26.3. The Kier molecular flexibility index (Phi) is 12.2. The van der Waals surface area contributed by atoms with Gasteiger partial charge in [0, 0.05) is 12.2 Å². The van der Waals surface area contributed by atoms with E-state index in [2.05, 4.69) is 23.4 Å². The lowest BCUT2D eigenvalue weighted by Crippen LogP contribution is -2.04. The Morgan fingerprint density at radius 3 is 1.32 bits per heavy atom. The summed E-state index contributed by atoms with van der Waals surface area (Å²) in [5, 5.41) is 8.47. The zero-order chi connectivity index (χ0) is 24.4. The van der Waals surface area contributed by atoms with Gasteiger partial charge in [-0.3, -0.25) is 0 Å². The van der Waals surface area contributed by atoms with Gasteiger partial charge in [0.15, 0.2) is 0 Å². The van der Waals surface area contributed by atoms with Crippen molar-refractivity contribution in [1.82, 2.24) is 0 Å². The summed E-state index contributed by atoms with van der Waals surface area (Å²) in [6.45, 7) is 8.47. The number of esters is 2. The standard InChI is InChI=1S/C26H30N2O6/c1-3-25(29)33-19-7-5-17-31-23-13-9-21(10-14-23)27-28-22-11-15-24(16-12-22)32-18-6-8-20-34-26(30)4-2/h3-4,9-16H,1-2,5-8,17-20H2/b28-27+. The van der Waals surface area contributed by atoms with Crippen molar-refractivity contribution in [1.29, 1.82) is 0 Å². The first-order valence-corrected chi connectivity index (χ1v) is 11.1. The molecule has 0 unspecified atom stereocenters. The van der Waals surface area contributed by atoms with Crippen molar-refractivity contribution in [2.75, 3.05) is 26.4 Å². The molecule has 0 amide bonds. The number of azo groups is 1. The summed E-state index contributed by atoms with van der Waals surface area (Å²) in [4.78, 5) is 21.9. The molecule has 0 bridgehead atoms. The molecular formula is C26H30N2O6. The molecule has 0 aliphatic carbocycles. The van der Waals surface area contributed by atoms with Crippen molar-refractivity contribution in [3.8, 4) is 11.5 Å². The van der Waals surface area contributed by atoms with Crippen LogP contribution in [-0.2, 0) is 19.1 Å². The molecule has 0 radical (unpaired) electrons. The number of unbranched alkanes of at least 4 members (excludes halogenated alkanes) is 2. The highest BCUT2D eigenvalue weighted by molar-refractivity contribution is 5.81. The fourth-order valence-corrected chi connectivity index (χ4v) is 2.59. The van der Waals surface area contributed by atoms with E-state index in [1.807, 2.05) is 48.5 Å². The van der Waals surface area contributed by atoms with Gasteiger partial charge in [0.2, 0.25) is 0 Å². The van der Waals surface area contributed by atoms with Crippen molar-refractivity contribution < 1.29 is 28.5 Å². The predicted molar refractivity (Wildman–Crippen MR) is 129 cm³/mol. The van der Waals surface area contributed by atoms with Gasteiger partial charge in [-0.2, -0.15) is 10.2 Å². The molecule has 0 atom stereocenters. The number of rotatable bonds is 16. The van der Waals surface area contributed by atoms with Crippen LogP contribution in [0.3, 0.4) is 0 Å². The summed E-state index contributed by atoms with van der Waals surface area (Å²) in [6, 6.07) is 14.7. The zero-order valence-corrected chi connectivity index (χ0v) is 19.2. The van der Waals surface area contributed by atoms with Gasteiger partial charge in [-0.15, -0.1) is 0 Å². The molecule has 8 heteroatoms. The summed E-state index contributed by atoms with van der Waals surface area (Å²) in [5.74, 6) is 0.657. The van der Waals surface area contributed by atoms with E-state index in [4.69, 9.17) is 18.9 Å². The molecule has 0 spiro atoms. The van der Waals surface area contributed by atoms with Crippen molar-refractivity contribution in [2.24, 2.45) is 10.2 Å². The molecule has 0 saturated heterocycles. The normalized spacial score (nSPS) is 10.5. The third-order valence-electron chi connectivity index (χ3n) is 4.39. The van der Waals surface area contributed by atoms with Gasteiger partial charge in [-0.25, -0.2) is 9.59 Å². The van der Waals surface area contributed by atoms with Gasteiger partial charge >= 0.3 is 11.9 Å². The van der Waals surface area contributed by atoms with Crippen LogP contribution in [0.25, 0.3) is 0 Å². The predicted octanol–water partition coefficient (Wildman–Crippen LogP) is 5.88. The quantitative estimate of drug-likeness (QED) is 0.133. The molecule has 0 aliphatic rings. The average molecular weight is 467 g/mol. The van der Waals surface area contributed by atoms with Crippen LogP contribution in [0.1, 0.15) is 25.7 Å². The highest BCUT2D eigenvalue weighted by Crippen LogP contribution is 2.23. The second kappa shape index (κ2) is 15.8. The molecule has 2 rings (SSSR count). The van der Waals surface area contributed by atoms with Crippen LogP contribution in [0.2, 0.25) is 0 Å². The number of carbonyl (C=O) groups excluding carboxylic acids is 2. The van der Waals surface area contributed by atoms with E-state index in [0.717, 1.165) is 49.3 Å². The van der Waals surface area contributed by atoms with Gasteiger partial charge in [0.25, 0.3) is 0 Å². The molecule has 8 nitrogen and oxygen atoms in total. The molecule has 0 saturated carbocycles. The first-order valence-electron chi connectivity index (χ1n) is 11.1. The van der Waals surface area contributed by atoms with Crippen molar-refractivity contribution >= 4 is 23.3 Å². The Bertz CT molecular complexity index is 861. The zero-order valence-electron chi connectivity index (χ0n) is 19.2. The van der Waals surface area contributed by atoms with E-state index >= 15 is 0 Å². The summed E-state index contributed by atoms with van der Waals surface area (Å²) in [6.07, 6.45) is 5.30. The third-order valence-corrected chi connectivity index (χ3v) is 4.39. The van der Waals surface area contributed by atoms with E-state index in [1.165, 1.54) is 0 Å². The maximum absolute atomic E-state index is 10.9. The monoisotopic (exact) mass is 466 g/mol. The minimum atomic E-state index is -0.410. The molecular weight excluding hydrogens is 436 g/mol. The van der Waals surface area contributed by atoms with Gasteiger partial charge in [-0.1, -0.05) is 13.2 Å². The largest absolute Gasteiger partial charge is 0.494 e. The van der Waals surface area contributed by atoms with Crippen LogP contribution in [0.4, 0.5) is 11.4 Å². The minimum absolute atomic E-state index is 0.357. The van der Waals surface area contributed by atoms with Crippen LogP contribution in [0, 0.1) is 0 Å². The lowest BCUT2D eigenvalue weighted by Gasteiger charge is -2.06. The van der Waals surface area contributed by atoms with Crippen LogP contribution >= 0.6 is 0 Å². The van der Waals surface area contributed by atoms with Gasteiger partial charge in [-0.05, 0) is 74.2 Å². The summed E-state index contributed by atoms with van der Waals surface area (Å²) in [7, 11) is 0. The average Bonchev–Trinajstić information content (AvgIpc) is 2.87. The number of hydrogen-bond donors (Lipinski definition) is 0. The molecule has 180 valence electrons. The molecule has 2 aromatic carbocycles. The first-order chi connectivity index (χ1) is 16.6. The fourth-order valence-electron chi connectivity index (χ4n) is 2.59. The summed E-state index contributed by atoms with van der Waals surface area (Å²) < 4.78 is 21.2. The SMILES string of the molecule is C=CC(=O)OCCCCOc1ccc(/N=N/c2ccc(OCCCCOC(=O)C=C)cc2)cc1. The number of hydrogen-bond acceptors (Lipinski definition) is 8. The lowest BCUT2D eigenvalue weighted by atomic mass is 10.3. The summed E-state index contributed by atoms with van der Waals surface area (Å²) >= 11 is 0. The Balaban J connectivity index is 1.65. The third kappa shape index (κ3) is 11.1. The van der Waals surface area contributed by atoms with Crippen LogP contribution in [-0.4, -0.2) is 38.4 Å². The Morgan fingerprint density at radius 2 is 0.971 bits per heavy atom. The highest BCUT2D eigenvalue weighted by Gasteiger charge is 1.99. The smallest absolute Gasteiger partial charge is 0.330 e. The molecule has 0 fully saturated rings. The Morgan fingerprint density at radius 1 is 0.618 bits per heavy atom. The molecule has 0 aromatic heterocycles. The second-order valence-corrected chi connectivity index (χ2v) is 7.04. The van der Waals surface area contributed by atoms with Gasteiger partial charge in [0.05, 0.1) is 37.8 Å². The lowest BCUT2D eigenvalue weighted by molar-refractivity contribution is -0.138. The molecule has 2 aromatic rings. The van der Waals surface area contributed by atoms with Crippen LogP contribution in [0.15, 0.2) is 84.1 Å². The summed E-state index contributed by atoms with van der Waals surface area (Å²) in [5.41, 5.74) is 1.42. The fraction of sp³-hybridized carbons (Fsp3) is 0.308. The number of ether oxygens (including phenoxy) is 4. The van der Waals surface area contributed by atoms with E-state index in [0.29, 0.717) is 37.8 Å². The van der Waals surface area contributed by atoms with E-state index in [9.17, 15) is 9.59 Å². The maximum atomic E-state index is 10.9. The topological polar surface area (TPSA) is 95.8 Å². The minimum Gasteiger partial charge on any atom is -0.494 e. The van der Waals surface area contributed by atoms with Crippen molar-refractivity contribution in [3.63, 3.8) is 0 Å². The Labute approximate surface area is 199 Å². The number of nitrogens with zero attached hydrogens (tertiary/aromatic N) is 2. The molecule has 0 heterocycles. The van der Waals surface area contributed by atoms with E-state index < -0.39 is 11.9 Å². The van der Waals surface area contributed by atoms with Crippen molar-refractivity contribution in [3.05, 3.63) is 73.8 Å². The second-order valence-electron chi connectivity index (χ2n) is 7.04. The van der Waals surface area contributed by atoms with Crippen LogP contribution < -0.4 is 9.47 Å². The van der Waals surface area contributed by atoms with Crippen LogP contribution in [0.5, 0.6) is 11.5 Å². The molecule has 0 aliphatic heterocycles. The van der Waals surface area contributed by atoms with Crippen molar-refractivity contribution in [2.45, 2.75) is 25.7 Å². The highest BCUT2D eigenvalue weighted by atomic mass is 16.5. The molecule has 0 N–H and O–H groups in total. The maximum Gasteiger partial charge on any atom is 0.330 e. The number of carbonyl (C=O) groups is 2. The van der Waals surface area contributed by atoms with Gasteiger partial charge < -0.3 is 18.9 Å². The van der Waals surface area contributed by atoms with Gasteiger partial charge in [0.1, 0.15) is 11.5 Å². The number of benzene rings is 2. The Hall–Kier alpha value is -3.94. The molecule has 34 heavy (non-hydrogen) atoms.